The van der Waals surface area contributed by atoms with Crippen LogP contribution in [0, 0.1) is 13.8 Å². The number of thioether (sulfide) groups is 1. The van der Waals surface area contributed by atoms with Gasteiger partial charge in [-0.05, 0) is 32.0 Å². The van der Waals surface area contributed by atoms with Gasteiger partial charge in [-0.3, -0.25) is 9.36 Å². The minimum Gasteiger partial charge on any atom is -0.383 e. The van der Waals surface area contributed by atoms with Gasteiger partial charge < -0.3 is 9.64 Å². The number of aryl methyl sites for hydroxylation is 2. The van der Waals surface area contributed by atoms with Crippen molar-refractivity contribution in [3.05, 3.63) is 59.7 Å². The Balaban J connectivity index is 1.38. The van der Waals surface area contributed by atoms with E-state index >= 15 is 0 Å². The van der Waals surface area contributed by atoms with Crippen LogP contribution in [-0.4, -0.2) is 83.9 Å². The largest absolute Gasteiger partial charge is 0.383 e. The number of amides is 1. The molecule has 1 amide bonds. The molecule has 1 fully saturated rings. The number of carbonyl (C=O) groups excluding carboxylic acids is 1. The number of benzene rings is 2. The highest BCUT2D eigenvalue weighted by Crippen LogP contribution is 2.25. The van der Waals surface area contributed by atoms with Gasteiger partial charge in [-0.1, -0.05) is 53.2 Å². The van der Waals surface area contributed by atoms with Gasteiger partial charge in [-0.2, -0.15) is 4.31 Å². The van der Waals surface area contributed by atoms with Crippen LogP contribution in [0.15, 0.2) is 58.6 Å². The summed E-state index contributed by atoms with van der Waals surface area (Å²) in [5, 5.41) is 9.37. The smallest absolute Gasteiger partial charge is 0.243 e. The van der Waals surface area contributed by atoms with Crippen molar-refractivity contribution in [2.45, 2.75) is 30.4 Å². The topological polar surface area (TPSA) is 97.6 Å². The Bertz CT molecular complexity index is 1300. The normalized spacial score (nSPS) is 14.8. The van der Waals surface area contributed by atoms with Gasteiger partial charge in [0.15, 0.2) is 11.0 Å². The standard InChI is InChI=1S/C25H31N5O4S2/c1-19-7-9-22(10-8-19)36(32,33)29-13-11-28(12-14-29)23(31)18-35-25-27-26-24(30(25)15-16-34-3)21-6-4-5-20(2)17-21/h4-10,17H,11-16,18H2,1-3H3. The fourth-order valence-electron chi connectivity index (χ4n) is 4.03. The van der Waals surface area contributed by atoms with Gasteiger partial charge in [0, 0.05) is 38.9 Å². The summed E-state index contributed by atoms with van der Waals surface area (Å²) < 4.78 is 34.6. The van der Waals surface area contributed by atoms with Crippen LogP contribution in [0.4, 0.5) is 0 Å². The molecule has 0 saturated carbocycles. The molecule has 36 heavy (non-hydrogen) atoms. The minimum absolute atomic E-state index is 0.0502. The second-order valence-electron chi connectivity index (χ2n) is 8.71. The summed E-state index contributed by atoms with van der Waals surface area (Å²) in [6.45, 7) is 6.27. The highest BCUT2D eigenvalue weighted by molar-refractivity contribution is 7.99. The quantitative estimate of drug-likeness (QED) is 0.393. The molecule has 1 aliphatic heterocycles. The maximum atomic E-state index is 12.9. The van der Waals surface area contributed by atoms with Crippen molar-refractivity contribution in [3.63, 3.8) is 0 Å². The first-order valence-corrected chi connectivity index (χ1v) is 14.2. The molecule has 4 rings (SSSR count). The lowest BCUT2D eigenvalue weighted by molar-refractivity contribution is -0.129. The predicted molar refractivity (Wildman–Crippen MR) is 139 cm³/mol. The number of aromatic nitrogens is 3. The molecule has 0 aliphatic carbocycles. The number of carbonyl (C=O) groups is 1. The van der Waals surface area contributed by atoms with E-state index in [0.717, 1.165) is 22.5 Å². The van der Waals surface area contributed by atoms with Crippen molar-refractivity contribution >= 4 is 27.7 Å². The first-order valence-electron chi connectivity index (χ1n) is 11.8. The molecule has 3 aromatic rings. The van der Waals surface area contributed by atoms with E-state index in [0.29, 0.717) is 31.4 Å². The molecule has 2 heterocycles. The molecule has 1 saturated heterocycles. The summed E-state index contributed by atoms with van der Waals surface area (Å²) in [4.78, 5) is 14.9. The molecule has 11 heteroatoms. The van der Waals surface area contributed by atoms with Gasteiger partial charge in [0.25, 0.3) is 0 Å². The number of ether oxygens (including phenoxy) is 1. The zero-order valence-corrected chi connectivity index (χ0v) is 22.4. The van der Waals surface area contributed by atoms with Crippen LogP contribution in [0.25, 0.3) is 11.4 Å². The maximum absolute atomic E-state index is 12.9. The van der Waals surface area contributed by atoms with E-state index in [4.69, 9.17) is 4.74 Å². The fraction of sp³-hybridized carbons (Fsp3) is 0.400. The molecule has 1 aromatic heterocycles. The number of piperazine rings is 1. The summed E-state index contributed by atoms with van der Waals surface area (Å²) in [5.41, 5.74) is 3.09. The molecule has 0 unspecified atom stereocenters. The van der Waals surface area contributed by atoms with Crippen LogP contribution in [-0.2, 0) is 26.1 Å². The van der Waals surface area contributed by atoms with Gasteiger partial charge in [0.05, 0.1) is 23.8 Å². The van der Waals surface area contributed by atoms with E-state index < -0.39 is 10.0 Å². The molecule has 0 atom stereocenters. The van der Waals surface area contributed by atoms with Crippen molar-refractivity contribution in [1.82, 2.24) is 24.0 Å². The lowest BCUT2D eigenvalue weighted by Gasteiger charge is -2.34. The number of hydrogen-bond donors (Lipinski definition) is 0. The molecular formula is C25H31N5O4S2. The SMILES string of the molecule is COCCn1c(SCC(=O)N2CCN(S(=O)(=O)c3ccc(C)cc3)CC2)nnc1-c1cccc(C)c1. The lowest BCUT2D eigenvalue weighted by atomic mass is 10.1. The van der Waals surface area contributed by atoms with Crippen LogP contribution in [0.3, 0.4) is 0 Å². The van der Waals surface area contributed by atoms with Crippen molar-refractivity contribution < 1.29 is 17.9 Å². The first-order chi connectivity index (χ1) is 17.3. The third-order valence-corrected chi connectivity index (χ3v) is 8.95. The zero-order chi connectivity index (χ0) is 25.7. The van der Waals surface area contributed by atoms with Crippen LogP contribution in [0.2, 0.25) is 0 Å². The fourth-order valence-corrected chi connectivity index (χ4v) is 6.32. The van der Waals surface area contributed by atoms with Gasteiger partial charge in [-0.25, -0.2) is 8.42 Å². The average molecular weight is 530 g/mol. The molecule has 0 spiro atoms. The summed E-state index contributed by atoms with van der Waals surface area (Å²) in [7, 11) is -1.92. The molecule has 192 valence electrons. The van der Waals surface area contributed by atoms with Crippen molar-refractivity contribution in [2.75, 3.05) is 45.6 Å². The highest BCUT2D eigenvalue weighted by atomic mass is 32.2. The molecular weight excluding hydrogens is 498 g/mol. The third kappa shape index (κ3) is 5.97. The van der Waals surface area contributed by atoms with E-state index in [1.165, 1.54) is 16.1 Å². The zero-order valence-electron chi connectivity index (χ0n) is 20.8. The van der Waals surface area contributed by atoms with Gasteiger partial charge in [-0.15, -0.1) is 10.2 Å². The van der Waals surface area contributed by atoms with Crippen LogP contribution in [0.1, 0.15) is 11.1 Å². The van der Waals surface area contributed by atoms with Gasteiger partial charge in [0.1, 0.15) is 0 Å². The second-order valence-corrected chi connectivity index (χ2v) is 11.6. The summed E-state index contributed by atoms with van der Waals surface area (Å²) >= 11 is 1.33. The Hall–Kier alpha value is -2.73. The number of methoxy groups -OCH3 is 1. The van der Waals surface area contributed by atoms with Crippen molar-refractivity contribution in [2.24, 2.45) is 0 Å². The number of hydrogen-bond acceptors (Lipinski definition) is 7. The molecule has 0 radical (unpaired) electrons. The second kappa shape index (κ2) is 11.5. The minimum atomic E-state index is -3.57. The highest BCUT2D eigenvalue weighted by Gasteiger charge is 2.30. The Morgan fingerprint density at radius 1 is 1.00 bits per heavy atom. The van der Waals surface area contributed by atoms with Crippen molar-refractivity contribution in [3.8, 4) is 11.4 Å². The predicted octanol–water partition coefficient (Wildman–Crippen LogP) is 2.83. The summed E-state index contributed by atoms with van der Waals surface area (Å²) in [5.74, 6) is 0.885. The first kappa shape index (κ1) is 26.3. The Labute approximate surface area is 216 Å². The number of sulfonamides is 1. The monoisotopic (exact) mass is 529 g/mol. The van der Waals surface area contributed by atoms with Gasteiger partial charge in [0.2, 0.25) is 15.9 Å². The van der Waals surface area contributed by atoms with Crippen LogP contribution in [0.5, 0.6) is 0 Å². The number of nitrogens with zero attached hydrogens (tertiary/aromatic N) is 5. The summed E-state index contributed by atoms with van der Waals surface area (Å²) in [6.07, 6.45) is 0. The van der Waals surface area contributed by atoms with E-state index in [9.17, 15) is 13.2 Å². The van der Waals surface area contributed by atoms with Crippen LogP contribution >= 0.6 is 11.8 Å². The van der Waals surface area contributed by atoms with Crippen LogP contribution < -0.4 is 0 Å². The Morgan fingerprint density at radius 3 is 2.39 bits per heavy atom. The molecule has 2 aromatic carbocycles. The average Bonchev–Trinajstić information content (AvgIpc) is 3.29. The maximum Gasteiger partial charge on any atom is 0.243 e. The third-order valence-electron chi connectivity index (χ3n) is 6.09. The Kier molecular flexibility index (Phi) is 8.45. The molecule has 0 bridgehead atoms. The lowest BCUT2D eigenvalue weighted by Crippen LogP contribution is -2.50. The number of rotatable bonds is 9. The molecule has 1 aliphatic rings. The molecule has 9 nitrogen and oxygen atoms in total. The van der Waals surface area contributed by atoms with E-state index in [2.05, 4.69) is 16.3 Å². The van der Waals surface area contributed by atoms with E-state index in [1.807, 2.05) is 36.6 Å². The van der Waals surface area contributed by atoms with Crippen molar-refractivity contribution in [1.29, 1.82) is 0 Å². The van der Waals surface area contributed by atoms with E-state index in [1.54, 1.807) is 36.3 Å². The molecule has 0 N–H and O–H groups in total. The van der Waals surface area contributed by atoms with E-state index in [-0.39, 0.29) is 29.6 Å². The Morgan fingerprint density at radius 2 is 1.72 bits per heavy atom. The summed E-state index contributed by atoms with van der Waals surface area (Å²) in [6, 6.07) is 14.9. The van der Waals surface area contributed by atoms with Gasteiger partial charge >= 0.3 is 0 Å².